The first-order chi connectivity index (χ1) is 8.69. The molecule has 0 saturated heterocycles. The van der Waals surface area contributed by atoms with Gasteiger partial charge in [0.2, 0.25) is 0 Å². The molecule has 0 fully saturated rings. The highest BCUT2D eigenvalue weighted by Crippen LogP contribution is 2.16. The lowest BCUT2D eigenvalue weighted by molar-refractivity contribution is 0.816. The number of rotatable bonds is 4. The second-order valence-corrected chi connectivity index (χ2v) is 4.96. The van der Waals surface area contributed by atoms with E-state index in [2.05, 4.69) is 61.6 Å². The smallest absolute Gasteiger partial charge is 0.0202 e. The molecule has 0 bridgehead atoms. The second-order valence-electron chi connectivity index (χ2n) is 4.96. The van der Waals surface area contributed by atoms with Crippen LogP contribution in [-0.4, -0.2) is 7.05 Å². The van der Waals surface area contributed by atoms with Crippen molar-refractivity contribution in [2.45, 2.75) is 26.8 Å². The van der Waals surface area contributed by atoms with E-state index in [1.165, 1.54) is 27.8 Å². The monoisotopic (exact) mass is 239 g/mol. The minimum Gasteiger partial charge on any atom is -0.316 e. The van der Waals surface area contributed by atoms with Crippen LogP contribution in [0, 0.1) is 13.8 Å². The predicted molar refractivity (Wildman–Crippen MR) is 77.9 cm³/mol. The summed E-state index contributed by atoms with van der Waals surface area (Å²) in [6.45, 7) is 5.27. The molecule has 0 aromatic heterocycles. The van der Waals surface area contributed by atoms with E-state index in [1.807, 2.05) is 7.05 Å². The molecule has 2 aromatic carbocycles. The van der Waals surface area contributed by atoms with Crippen LogP contribution in [0.2, 0.25) is 0 Å². The summed E-state index contributed by atoms with van der Waals surface area (Å²) in [6.07, 6.45) is 1.02. The van der Waals surface area contributed by atoms with Crippen LogP contribution in [-0.2, 0) is 13.0 Å². The van der Waals surface area contributed by atoms with Gasteiger partial charge in [-0.15, -0.1) is 0 Å². The predicted octanol–water partition coefficient (Wildman–Crippen LogP) is 3.61. The van der Waals surface area contributed by atoms with Gasteiger partial charge in [0.1, 0.15) is 0 Å². The van der Waals surface area contributed by atoms with Crippen LogP contribution in [0.25, 0.3) is 0 Å². The number of aryl methyl sites for hydroxylation is 2. The summed E-state index contributed by atoms with van der Waals surface area (Å²) < 4.78 is 0. The summed E-state index contributed by atoms with van der Waals surface area (Å²) in [5.74, 6) is 0. The number of hydrogen-bond donors (Lipinski definition) is 1. The van der Waals surface area contributed by atoms with Crippen molar-refractivity contribution >= 4 is 0 Å². The average molecular weight is 239 g/mol. The maximum atomic E-state index is 3.19. The normalized spacial score (nSPS) is 10.6. The molecule has 0 unspecified atom stereocenters. The van der Waals surface area contributed by atoms with E-state index < -0.39 is 0 Å². The Morgan fingerprint density at radius 2 is 1.72 bits per heavy atom. The van der Waals surface area contributed by atoms with Crippen LogP contribution >= 0.6 is 0 Å². The topological polar surface area (TPSA) is 12.0 Å². The molecule has 1 heteroatoms. The number of hydrogen-bond acceptors (Lipinski definition) is 1. The lowest BCUT2D eigenvalue weighted by Gasteiger charge is -2.08. The molecule has 0 aliphatic heterocycles. The van der Waals surface area contributed by atoms with E-state index in [-0.39, 0.29) is 0 Å². The van der Waals surface area contributed by atoms with Crippen LogP contribution in [0.5, 0.6) is 0 Å². The molecule has 0 heterocycles. The van der Waals surface area contributed by atoms with Crippen molar-refractivity contribution in [3.05, 3.63) is 70.3 Å². The van der Waals surface area contributed by atoms with Crippen molar-refractivity contribution in [1.29, 1.82) is 0 Å². The Kier molecular flexibility index (Phi) is 4.16. The zero-order valence-corrected chi connectivity index (χ0v) is 11.5. The summed E-state index contributed by atoms with van der Waals surface area (Å²) in [7, 11) is 1.98. The van der Waals surface area contributed by atoms with E-state index in [4.69, 9.17) is 0 Å². The summed E-state index contributed by atoms with van der Waals surface area (Å²) >= 11 is 0. The fraction of sp³-hybridized carbons (Fsp3) is 0.294. The Morgan fingerprint density at radius 1 is 0.944 bits per heavy atom. The highest BCUT2D eigenvalue weighted by molar-refractivity contribution is 5.35. The fourth-order valence-electron chi connectivity index (χ4n) is 2.32. The molecule has 0 spiro atoms. The van der Waals surface area contributed by atoms with E-state index >= 15 is 0 Å². The van der Waals surface area contributed by atoms with Gasteiger partial charge in [0.25, 0.3) is 0 Å². The van der Waals surface area contributed by atoms with Gasteiger partial charge in [0.05, 0.1) is 0 Å². The molecule has 0 atom stereocenters. The first kappa shape index (κ1) is 12.8. The van der Waals surface area contributed by atoms with Gasteiger partial charge in [-0.25, -0.2) is 0 Å². The summed E-state index contributed by atoms with van der Waals surface area (Å²) in [5, 5.41) is 3.19. The van der Waals surface area contributed by atoms with Gasteiger partial charge in [-0.05, 0) is 49.6 Å². The third-order valence-electron chi connectivity index (χ3n) is 3.26. The molecule has 0 saturated carbocycles. The van der Waals surface area contributed by atoms with Gasteiger partial charge in [-0.1, -0.05) is 48.0 Å². The van der Waals surface area contributed by atoms with E-state index in [0.717, 1.165) is 13.0 Å². The van der Waals surface area contributed by atoms with Gasteiger partial charge in [0.15, 0.2) is 0 Å². The van der Waals surface area contributed by atoms with Crippen molar-refractivity contribution in [2.24, 2.45) is 0 Å². The SMILES string of the molecule is CNCc1cccc(Cc2ccc(C)cc2C)c1. The van der Waals surface area contributed by atoms with Crippen molar-refractivity contribution in [3.63, 3.8) is 0 Å². The van der Waals surface area contributed by atoms with Gasteiger partial charge < -0.3 is 5.32 Å². The maximum Gasteiger partial charge on any atom is 0.0202 e. The van der Waals surface area contributed by atoms with Crippen LogP contribution in [0.1, 0.15) is 27.8 Å². The Hall–Kier alpha value is -1.60. The molecule has 1 nitrogen and oxygen atoms in total. The van der Waals surface area contributed by atoms with Crippen molar-refractivity contribution in [2.75, 3.05) is 7.05 Å². The highest BCUT2D eigenvalue weighted by Gasteiger charge is 2.01. The molecule has 1 N–H and O–H groups in total. The van der Waals surface area contributed by atoms with E-state index in [1.54, 1.807) is 0 Å². The second kappa shape index (κ2) is 5.83. The largest absolute Gasteiger partial charge is 0.316 e. The molecular formula is C17H21N. The van der Waals surface area contributed by atoms with Gasteiger partial charge in [-0.3, -0.25) is 0 Å². The average Bonchev–Trinajstić information content (AvgIpc) is 2.34. The number of benzene rings is 2. The molecule has 2 aromatic rings. The Morgan fingerprint density at radius 3 is 2.44 bits per heavy atom. The van der Waals surface area contributed by atoms with Crippen molar-refractivity contribution in [3.8, 4) is 0 Å². The zero-order valence-electron chi connectivity index (χ0n) is 11.5. The van der Waals surface area contributed by atoms with Crippen molar-refractivity contribution in [1.82, 2.24) is 5.32 Å². The Labute approximate surface area is 110 Å². The number of nitrogens with one attached hydrogen (secondary N) is 1. The van der Waals surface area contributed by atoms with Crippen LogP contribution < -0.4 is 5.32 Å². The molecule has 0 aliphatic carbocycles. The molecular weight excluding hydrogens is 218 g/mol. The zero-order chi connectivity index (χ0) is 13.0. The first-order valence-electron chi connectivity index (χ1n) is 6.47. The molecule has 0 radical (unpaired) electrons. The lowest BCUT2D eigenvalue weighted by atomic mass is 9.98. The minimum absolute atomic E-state index is 0.931. The van der Waals surface area contributed by atoms with Gasteiger partial charge in [0, 0.05) is 6.54 Å². The summed E-state index contributed by atoms with van der Waals surface area (Å²) in [4.78, 5) is 0. The van der Waals surface area contributed by atoms with Crippen LogP contribution in [0.3, 0.4) is 0 Å². The lowest BCUT2D eigenvalue weighted by Crippen LogP contribution is -2.05. The van der Waals surface area contributed by atoms with Crippen LogP contribution in [0.4, 0.5) is 0 Å². The maximum absolute atomic E-state index is 3.19. The standard InChI is InChI=1S/C17H21N/c1-13-7-8-17(14(2)9-13)11-15-5-4-6-16(10-15)12-18-3/h4-10,18H,11-12H2,1-3H3. The third-order valence-corrected chi connectivity index (χ3v) is 3.26. The first-order valence-corrected chi connectivity index (χ1v) is 6.47. The quantitative estimate of drug-likeness (QED) is 0.859. The van der Waals surface area contributed by atoms with Gasteiger partial charge in [-0.2, -0.15) is 0 Å². The van der Waals surface area contributed by atoms with E-state index in [9.17, 15) is 0 Å². The van der Waals surface area contributed by atoms with E-state index in [0.29, 0.717) is 0 Å². The molecule has 0 aliphatic rings. The Bertz CT molecular complexity index is 529. The fourth-order valence-corrected chi connectivity index (χ4v) is 2.32. The molecule has 94 valence electrons. The Balaban J connectivity index is 2.20. The highest BCUT2D eigenvalue weighted by atomic mass is 14.8. The van der Waals surface area contributed by atoms with Crippen molar-refractivity contribution < 1.29 is 0 Å². The summed E-state index contributed by atoms with van der Waals surface area (Å²) in [5.41, 5.74) is 6.87. The molecule has 2 rings (SSSR count). The van der Waals surface area contributed by atoms with Gasteiger partial charge >= 0.3 is 0 Å². The summed E-state index contributed by atoms with van der Waals surface area (Å²) in [6, 6.07) is 15.5. The molecule has 0 amide bonds. The molecule has 18 heavy (non-hydrogen) atoms. The van der Waals surface area contributed by atoms with Crippen LogP contribution in [0.15, 0.2) is 42.5 Å². The third kappa shape index (κ3) is 3.21. The minimum atomic E-state index is 0.931.